The van der Waals surface area contributed by atoms with Gasteiger partial charge >= 0.3 is 0 Å². The van der Waals surface area contributed by atoms with Crippen molar-refractivity contribution in [2.75, 3.05) is 6.54 Å². The topological polar surface area (TPSA) is 49.0 Å². The molecule has 0 saturated carbocycles. The fraction of sp³-hybridized carbons (Fsp3) is 0.286. The molecule has 1 amide bonds. The van der Waals surface area contributed by atoms with Crippen molar-refractivity contribution in [2.45, 2.75) is 18.9 Å². The Morgan fingerprint density at radius 1 is 1.39 bits per heavy atom. The summed E-state index contributed by atoms with van der Waals surface area (Å²) in [7, 11) is 0. The van der Waals surface area contributed by atoms with E-state index in [0.717, 1.165) is 24.9 Å². The Hall–Kier alpha value is -2.10. The summed E-state index contributed by atoms with van der Waals surface area (Å²) in [5.41, 5.74) is 1.78. The van der Waals surface area contributed by atoms with E-state index in [0.29, 0.717) is 5.69 Å². The number of pyridine rings is 1. The van der Waals surface area contributed by atoms with Gasteiger partial charge in [0, 0.05) is 25.1 Å². The monoisotopic (exact) mass is 241 g/mol. The van der Waals surface area contributed by atoms with E-state index < -0.39 is 0 Å². The molecule has 2 aromatic rings. The Bertz CT molecular complexity index is 521. The number of carbonyl (C=O) groups is 1. The molecule has 0 aliphatic carbocycles. The number of carbonyl (C=O) groups excluding carboxylic acids is 1. The normalized spacial score (nSPS) is 19.1. The molecule has 0 spiro atoms. The maximum Gasteiger partial charge on any atom is 0.270 e. The van der Waals surface area contributed by atoms with Crippen molar-refractivity contribution < 1.29 is 4.79 Å². The minimum atomic E-state index is 0.0753. The minimum Gasteiger partial charge on any atom is -0.357 e. The van der Waals surface area contributed by atoms with E-state index in [-0.39, 0.29) is 11.9 Å². The summed E-state index contributed by atoms with van der Waals surface area (Å²) in [5.74, 6) is 0.0753. The smallest absolute Gasteiger partial charge is 0.270 e. The highest BCUT2D eigenvalue weighted by Gasteiger charge is 2.30. The lowest BCUT2D eigenvalue weighted by Crippen LogP contribution is -2.30. The van der Waals surface area contributed by atoms with Crippen LogP contribution in [0, 0.1) is 0 Å². The van der Waals surface area contributed by atoms with Gasteiger partial charge in [0.2, 0.25) is 0 Å². The summed E-state index contributed by atoms with van der Waals surface area (Å²) in [6.45, 7) is 0.817. The third-order valence-electron chi connectivity index (χ3n) is 3.41. The van der Waals surface area contributed by atoms with Crippen LogP contribution < -0.4 is 0 Å². The van der Waals surface area contributed by atoms with Crippen LogP contribution in [0.2, 0.25) is 0 Å². The van der Waals surface area contributed by atoms with Crippen molar-refractivity contribution in [1.82, 2.24) is 14.9 Å². The van der Waals surface area contributed by atoms with Gasteiger partial charge in [0.25, 0.3) is 5.91 Å². The summed E-state index contributed by atoms with van der Waals surface area (Å²) < 4.78 is 0. The number of nitrogens with zero attached hydrogens (tertiary/aromatic N) is 2. The maximum absolute atomic E-state index is 12.4. The van der Waals surface area contributed by atoms with Crippen LogP contribution in [0.1, 0.15) is 34.9 Å². The molecule has 4 heteroatoms. The zero-order valence-electron chi connectivity index (χ0n) is 10.0. The summed E-state index contributed by atoms with van der Waals surface area (Å²) >= 11 is 0. The Balaban J connectivity index is 1.86. The Labute approximate surface area is 106 Å². The fourth-order valence-corrected chi connectivity index (χ4v) is 2.55. The molecule has 92 valence electrons. The molecule has 1 unspecified atom stereocenters. The Morgan fingerprint density at radius 3 is 3.06 bits per heavy atom. The number of hydrogen-bond donors (Lipinski definition) is 1. The first-order valence-electron chi connectivity index (χ1n) is 6.20. The molecule has 0 radical (unpaired) electrons. The van der Waals surface area contributed by atoms with E-state index in [1.54, 1.807) is 12.4 Å². The van der Waals surface area contributed by atoms with E-state index in [1.165, 1.54) is 0 Å². The molecule has 1 aliphatic heterocycles. The fourth-order valence-electron chi connectivity index (χ4n) is 2.55. The zero-order valence-corrected chi connectivity index (χ0v) is 10.0. The average Bonchev–Trinajstić information content (AvgIpc) is 3.10. The van der Waals surface area contributed by atoms with Gasteiger partial charge in [0.05, 0.1) is 6.04 Å². The summed E-state index contributed by atoms with van der Waals surface area (Å²) in [6, 6.07) is 7.79. The highest BCUT2D eigenvalue weighted by atomic mass is 16.2. The molecule has 1 atom stereocenters. The summed E-state index contributed by atoms with van der Waals surface area (Å²) in [4.78, 5) is 21.4. The number of likely N-dealkylation sites (tertiary alicyclic amines) is 1. The van der Waals surface area contributed by atoms with Crippen molar-refractivity contribution in [2.24, 2.45) is 0 Å². The number of aromatic amines is 1. The first-order valence-corrected chi connectivity index (χ1v) is 6.20. The first-order chi connectivity index (χ1) is 8.86. The lowest BCUT2D eigenvalue weighted by atomic mass is 10.1. The highest BCUT2D eigenvalue weighted by Crippen LogP contribution is 2.32. The largest absolute Gasteiger partial charge is 0.357 e. The maximum atomic E-state index is 12.4. The van der Waals surface area contributed by atoms with Crippen molar-refractivity contribution in [3.63, 3.8) is 0 Å². The number of nitrogens with one attached hydrogen (secondary N) is 1. The molecular formula is C14H15N3O. The van der Waals surface area contributed by atoms with Crippen LogP contribution in [0.15, 0.2) is 42.9 Å². The van der Waals surface area contributed by atoms with E-state index in [2.05, 4.69) is 9.97 Å². The van der Waals surface area contributed by atoms with Crippen LogP contribution >= 0.6 is 0 Å². The first kappa shape index (κ1) is 11.0. The zero-order chi connectivity index (χ0) is 12.4. The third-order valence-corrected chi connectivity index (χ3v) is 3.41. The van der Waals surface area contributed by atoms with Crippen LogP contribution in [0.25, 0.3) is 0 Å². The van der Waals surface area contributed by atoms with E-state index in [1.807, 2.05) is 35.4 Å². The van der Waals surface area contributed by atoms with Crippen LogP contribution in [0.5, 0.6) is 0 Å². The van der Waals surface area contributed by atoms with Crippen molar-refractivity contribution in [3.05, 3.63) is 54.1 Å². The second kappa shape index (κ2) is 4.64. The van der Waals surface area contributed by atoms with Gasteiger partial charge in [-0.15, -0.1) is 0 Å². The van der Waals surface area contributed by atoms with Gasteiger partial charge in [-0.1, -0.05) is 6.07 Å². The Kier molecular flexibility index (Phi) is 2.84. The molecule has 1 fully saturated rings. The van der Waals surface area contributed by atoms with Gasteiger partial charge < -0.3 is 9.88 Å². The molecule has 1 N–H and O–H groups in total. The van der Waals surface area contributed by atoms with Crippen LogP contribution in [0.4, 0.5) is 0 Å². The van der Waals surface area contributed by atoms with Crippen molar-refractivity contribution in [3.8, 4) is 0 Å². The molecule has 0 bridgehead atoms. The van der Waals surface area contributed by atoms with Gasteiger partial charge in [-0.2, -0.15) is 0 Å². The second-order valence-electron chi connectivity index (χ2n) is 4.53. The van der Waals surface area contributed by atoms with Gasteiger partial charge in [-0.25, -0.2) is 0 Å². The predicted molar refractivity (Wildman–Crippen MR) is 68.0 cm³/mol. The molecule has 1 aliphatic rings. The quantitative estimate of drug-likeness (QED) is 0.877. The summed E-state index contributed by atoms with van der Waals surface area (Å²) in [5, 5.41) is 0. The number of hydrogen-bond acceptors (Lipinski definition) is 2. The predicted octanol–water partition coefficient (Wildman–Crippen LogP) is 2.39. The Morgan fingerprint density at radius 2 is 2.33 bits per heavy atom. The van der Waals surface area contributed by atoms with Crippen molar-refractivity contribution in [1.29, 1.82) is 0 Å². The van der Waals surface area contributed by atoms with Gasteiger partial charge in [-0.3, -0.25) is 9.78 Å². The van der Waals surface area contributed by atoms with Crippen LogP contribution in [0.3, 0.4) is 0 Å². The number of aromatic nitrogens is 2. The number of amides is 1. The van der Waals surface area contributed by atoms with E-state index in [9.17, 15) is 4.79 Å². The highest BCUT2D eigenvalue weighted by molar-refractivity contribution is 5.92. The number of rotatable bonds is 2. The standard InChI is InChI=1S/C14H15N3O/c18-14(12-5-2-8-16-12)17-9-3-6-13(17)11-4-1-7-15-10-11/h1-2,4-5,7-8,10,13,16H,3,6,9H2. The van der Waals surface area contributed by atoms with Crippen LogP contribution in [-0.2, 0) is 0 Å². The van der Waals surface area contributed by atoms with Gasteiger partial charge in [0.1, 0.15) is 5.69 Å². The minimum absolute atomic E-state index is 0.0753. The van der Waals surface area contributed by atoms with Gasteiger partial charge in [-0.05, 0) is 36.6 Å². The van der Waals surface area contributed by atoms with Crippen LogP contribution in [-0.4, -0.2) is 27.3 Å². The van der Waals surface area contributed by atoms with Crippen molar-refractivity contribution >= 4 is 5.91 Å². The molecule has 4 nitrogen and oxygen atoms in total. The molecule has 3 rings (SSSR count). The molecule has 3 heterocycles. The molecule has 1 saturated heterocycles. The molecule has 0 aromatic carbocycles. The van der Waals surface area contributed by atoms with Gasteiger partial charge in [0.15, 0.2) is 0 Å². The lowest BCUT2D eigenvalue weighted by molar-refractivity contribution is 0.0730. The average molecular weight is 241 g/mol. The molecular weight excluding hydrogens is 226 g/mol. The summed E-state index contributed by atoms with van der Waals surface area (Å²) in [6.07, 6.45) is 7.45. The number of H-pyrrole nitrogens is 1. The third kappa shape index (κ3) is 1.90. The molecule has 18 heavy (non-hydrogen) atoms. The van der Waals surface area contributed by atoms with E-state index >= 15 is 0 Å². The second-order valence-corrected chi connectivity index (χ2v) is 4.53. The lowest BCUT2D eigenvalue weighted by Gasteiger charge is -2.24. The van der Waals surface area contributed by atoms with E-state index in [4.69, 9.17) is 0 Å². The SMILES string of the molecule is O=C(c1ccc[nH]1)N1CCCC1c1cccnc1. The molecule has 2 aromatic heterocycles.